The van der Waals surface area contributed by atoms with Crippen LogP contribution in [0.5, 0.6) is 0 Å². The molecule has 0 radical (unpaired) electrons. The molecule has 0 spiro atoms. The average Bonchev–Trinajstić information content (AvgIpc) is 2.69. The van der Waals surface area contributed by atoms with E-state index in [0.29, 0.717) is 18.9 Å². The van der Waals surface area contributed by atoms with E-state index in [0.717, 1.165) is 18.8 Å². The summed E-state index contributed by atoms with van der Waals surface area (Å²) in [6.45, 7) is 3.06. The van der Waals surface area contributed by atoms with Crippen molar-refractivity contribution in [3.63, 3.8) is 0 Å². The number of benzene rings is 2. The lowest BCUT2D eigenvalue weighted by molar-refractivity contribution is -0.116. The van der Waals surface area contributed by atoms with E-state index in [9.17, 15) is 13.2 Å². The van der Waals surface area contributed by atoms with E-state index < -0.39 is 10.0 Å². The van der Waals surface area contributed by atoms with Gasteiger partial charge in [0.25, 0.3) is 0 Å². The first-order valence-electron chi connectivity index (χ1n) is 8.82. The monoisotopic (exact) mass is 389 g/mol. The summed E-state index contributed by atoms with van der Waals surface area (Å²) in [5, 5.41) is 2.82. The van der Waals surface area contributed by atoms with Crippen molar-refractivity contribution < 1.29 is 17.9 Å². The van der Waals surface area contributed by atoms with Crippen LogP contribution >= 0.6 is 0 Å². The maximum atomic E-state index is 12.1. The minimum Gasteiger partial charge on any atom is -0.378 e. The number of sulfonamides is 1. The van der Waals surface area contributed by atoms with Gasteiger partial charge in [0.05, 0.1) is 18.1 Å². The summed E-state index contributed by atoms with van der Waals surface area (Å²) in [6, 6.07) is 15.7. The highest BCUT2D eigenvalue weighted by Gasteiger charge is 2.14. The van der Waals surface area contributed by atoms with Crippen LogP contribution in [0.4, 0.5) is 11.4 Å². The molecule has 2 aromatic rings. The zero-order chi connectivity index (χ0) is 19.1. The highest BCUT2D eigenvalue weighted by Crippen LogP contribution is 2.20. The molecule has 27 heavy (non-hydrogen) atoms. The normalized spacial score (nSPS) is 14.7. The fraction of sp³-hybridized carbons (Fsp3) is 0.316. The number of rotatable bonds is 7. The second-order valence-corrected chi connectivity index (χ2v) is 7.93. The number of carbonyl (C=O) groups excluding carboxylic acids is 1. The Labute approximate surface area is 159 Å². The number of morpholine rings is 1. The van der Waals surface area contributed by atoms with Gasteiger partial charge in [-0.1, -0.05) is 24.3 Å². The molecule has 1 aliphatic rings. The van der Waals surface area contributed by atoms with Crippen LogP contribution in [0.1, 0.15) is 6.42 Å². The Kier molecular flexibility index (Phi) is 6.44. The number of nitrogens with zero attached hydrogens (tertiary/aromatic N) is 1. The third-order valence-corrected chi connectivity index (χ3v) is 5.68. The molecule has 0 aliphatic carbocycles. The lowest BCUT2D eigenvalue weighted by Gasteiger charge is -2.29. The zero-order valence-electron chi connectivity index (χ0n) is 14.9. The molecular formula is C19H23N3O4S. The maximum absolute atomic E-state index is 12.1. The summed E-state index contributed by atoms with van der Waals surface area (Å²) < 4.78 is 32.1. The molecule has 1 fully saturated rings. The minimum atomic E-state index is -3.60. The topological polar surface area (TPSA) is 87.7 Å². The van der Waals surface area contributed by atoms with Gasteiger partial charge in [0.2, 0.25) is 15.9 Å². The molecule has 1 amide bonds. The van der Waals surface area contributed by atoms with Crippen LogP contribution < -0.4 is 14.9 Å². The summed E-state index contributed by atoms with van der Waals surface area (Å²) >= 11 is 0. The Balaban J connectivity index is 1.51. The van der Waals surface area contributed by atoms with Gasteiger partial charge in [0, 0.05) is 37.4 Å². The van der Waals surface area contributed by atoms with Crippen molar-refractivity contribution >= 4 is 27.3 Å². The van der Waals surface area contributed by atoms with Gasteiger partial charge < -0.3 is 15.0 Å². The smallest absolute Gasteiger partial charge is 0.240 e. The van der Waals surface area contributed by atoms with E-state index in [1.807, 2.05) is 24.3 Å². The molecule has 144 valence electrons. The van der Waals surface area contributed by atoms with Crippen LogP contribution in [0.15, 0.2) is 59.5 Å². The number of anilines is 2. The Morgan fingerprint density at radius 2 is 1.78 bits per heavy atom. The molecule has 0 aromatic heterocycles. The van der Waals surface area contributed by atoms with Gasteiger partial charge in [-0.3, -0.25) is 4.79 Å². The standard InChI is InChI=1S/C19H23N3O4S/c23-19(9-10-20-27(24,25)18-7-2-1-3-8-18)21-16-5-4-6-17(15-16)22-11-13-26-14-12-22/h1-8,15,20H,9-14H2,(H,21,23). The number of hydrogen-bond donors (Lipinski definition) is 2. The summed E-state index contributed by atoms with van der Waals surface area (Å²) in [6.07, 6.45) is 0.0494. The van der Waals surface area contributed by atoms with Crippen molar-refractivity contribution in [2.24, 2.45) is 0 Å². The Hall–Kier alpha value is -2.42. The van der Waals surface area contributed by atoms with Gasteiger partial charge in [-0.05, 0) is 30.3 Å². The molecule has 7 nitrogen and oxygen atoms in total. The van der Waals surface area contributed by atoms with Gasteiger partial charge in [-0.15, -0.1) is 0 Å². The number of amides is 1. The fourth-order valence-corrected chi connectivity index (χ4v) is 3.86. The number of hydrogen-bond acceptors (Lipinski definition) is 5. The van der Waals surface area contributed by atoms with Gasteiger partial charge >= 0.3 is 0 Å². The third kappa shape index (κ3) is 5.53. The van der Waals surface area contributed by atoms with Crippen LogP contribution in [-0.4, -0.2) is 47.2 Å². The van der Waals surface area contributed by atoms with E-state index in [4.69, 9.17) is 4.74 Å². The fourth-order valence-electron chi connectivity index (χ4n) is 2.81. The molecule has 0 unspecified atom stereocenters. The third-order valence-electron chi connectivity index (χ3n) is 4.20. The van der Waals surface area contributed by atoms with E-state index in [-0.39, 0.29) is 23.8 Å². The summed E-state index contributed by atoms with van der Waals surface area (Å²) in [5.41, 5.74) is 1.72. The largest absolute Gasteiger partial charge is 0.378 e. The van der Waals surface area contributed by atoms with Crippen LogP contribution in [-0.2, 0) is 19.6 Å². The molecule has 2 N–H and O–H groups in total. The summed E-state index contributed by atoms with van der Waals surface area (Å²) in [7, 11) is -3.60. The van der Waals surface area contributed by atoms with Crippen molar-refractivity contribution in [1.82, 2.24) is 4.72 Å². The lowest BCUT2D eigenvalue weighted by Crippen LogP contribution is -2.36. The average molecular weight is 389 g/mol. The van der Waals surface area contributed by atoms with Crippen LogP contribution in [0.2, 0.25) is 0 Å². The van der Waals surface area contributed by atoms with E-state index in [2.05, 4.69) is 14.9 Å². The van der Waals surface area contributed by atoms with Crippen molar-refractivity contribution in [3.8, 4) is 0 Å². The van der Waals surface area contributed by atoms with Crippen molar-refractivity contribution in [1.29, 1.82) is 0 Å². The van der Waals surface area contributed by atoms with Gasteiger partial charge in [0.1, 0.15) is 0 Å². The first kappa shape index (κ1) is 19.3. The number of carbonyl (C=O) groups is 1. The van der Waals surface area contributed by atoms with E-state index in [1.165, 1.54) is 12.1 Å². The van der Waals surface area contributed by atoms with Crippen molar-refractivity contribution in [2.75, 3.05) is 43.1 Å². The first-order valence-corrected chi connectivity index (χ1v) is 10.3. The highest BCUT2D eigenvalue weighted by molar-refractivity contribution is 7.89. The minimum absolute atomic E-state index is 0.0339. The molecule has 8 heteroatoms. The van der Waals surface area contributed by atoms with E-state index >= 15 is 0 Å². The SMILES string of the molecule is O=C(CCNS(=O)(=O)c1ccccc1)Nc1cccc(N2CCOCC2)c1. The lowest BCUT2D eigenvalue weighted by atomic mass is 10.2. The molecule has 1 aliphatic heterocycles. The number of ether oxygens (including phenoxy) is 1. The predicted octanol–water partition coefficient (Wildman–Crippen LogP) is 1.83. The van der Waals surface area contributed by atoms with Crippen molar-refractivity contribution in [2.45, 2.75) is 11.3 Å². The predicted molar refractivity (Wildman–Crippen MR) is 104 cm³/mol. The van der Waals surface area contributed by atoms with Crippen LogP contribution in [0.3, 0.4) is 0 Å². The Morgan fingerprint density at radius 1 is 1.04 bits per heavy atom. The summed E-state index contributed by atoms with van der Waals surface area (Å²) in [5.74, 6) is -0.245. The van der Waals surface area contributed by atoms with Crippen LogP contribution in [0, 0.1) is 0 Å². The second kappa shape index (κ2) is 8.98. The molecule has 2 aromatic carbocycles. The number of nitrogens with one attached hydrogen (secondary N) is 2. The Morgan fingerprint density at radius 3 is 2.52 bits per heavy atom. The molecule has 0 saturated carbocycles. The van der Waals surface area contributed by atoms with E-state index in [1.54, 1.807) is 18.2 Å². The molecule has 0 bridgehead atoms. The highest BCUT2D eigenvalue weighted by atomic mass is 32.2. The van der Waals surface area contributed by atoms with Gasteiger partial charge in [0.15, 0.2) is 0 Å². The first-order chi connectivity index (χ1) is 13.0. The molecule has 1 heterocycles. The second-order valence-electron chi connectivity index (χ2n) is 6.16. The van der Waals surface area contributed by atoms with Crippen LogP contribution in [0.25, 0.3) is 0 Å². The van der Waals surface area contributed by atoms with Gasteiger partial charge in [-0.2, -0.15) is 0 Å². The Bertz CT molecular complexity index is 866. The molecule has 1 saturated heterocycles. The van der Waals surface area contributed by atoms with Crippen molar-refractivity contribution in [3.05, 3.63) is 54.6 Å². The molecule has 0 atom stereocenters. The molecular weight excluding hydrogens is 366 g/mol. The summed E-state index contributed by atoms with van der Waals surface area (Å²) in [4.78, 5) is 14.5. The molecule has 3 rings (SSSR count). The quantitative estimate of drug-likeness (QED) is 0.754. The zero-order valence-corrected chi connectivity index (χ0v) is 15.7. The van der Waals surface area contributed by atoms with Gasteiger partial charge in [-0.25, -0.2) is 13.1 Å². The maximum Gasteiger partial charge on any atom is 0.240 e.